The van der Waals surface area contributed by atoms with E-state index in [9.17, 15) is 19.7 Å². The molecule has 0 fully saturated rings. The van der Waals surface area contributed by atoms with Gasteiger partial charge >= 0.3 is 0 Å². The third kappa shape index (κ3) is 4.65. The van der Waals surface area contributed by atoms with Crippen LogP contribution < -0.4 is 5.32 Å². The highest BCUT2D eigenvalue weighted by atomic mass is 16.6. The normalized spacial score (nSPS) is 11.7. The predicted octanol–water partition coefficient (Wildman–Crippen LogP) is 2.77. The SMILES string of the molecule is CC[C@H](C)N(CC(=O)Nc1cc(C)on1)C(=O)c1cccc([N+](=O)[O-])c1. The summed E-state index contributed by atoms with van der Waals surface area (Å²) in [5.41, 5.74) is -0.0212. The smallest absolute Gasteiger partial charge is 0.270 e. The fourth-order valence-corrected chi connectivity index (χ4v) is 2.33. The van der Waals surface area contributed by atoms with Crippen LogP contribution in [0.4, 0.5) is 11.5 Å². The summed E-state index contributed by atoms with van der Waals surface area (Å²) < 4.78 is 4.88. The van der Waals surface area contributed by atoms with E-state index in [1.54, 1.807) is 13.0 Å². The molecule has 26 heavy (non-hydrogen) atoms. The number of hydrogen-bond acceptors (Lipinski definition) is 6. The van der Waals surface area contributed by atoms with Crippen molar-refractivity contribution in [1.82, 2.24) is 10.1 Å². The highest BCUT2D eigenvalue weighted by Gasteiger charge is 2.24. The molecule has 2 rings (SSSR count). The summed E-state index contributed by atoms with van der Waals surface area (Å²) in [6.45, 7) is 5.18. The number of nitro benzene ring substituents is 1. The van der Waals surface area contributed by atoms with Crippen molar-refractivity contribution in [3.05, 3.63) is 51.8 Å². The van der Waals surface area contributed by atoms with Crippen molar-refractivity contribution in [2.45, 2.75) is 33.2 Å². The quantitative estimate of drug-likeness (QED) is 0.599. The molecule has 0 aliphatic heterocycles. The Morgan fingerprint density at radius 1 is 1.38 bits per heavy atom. The number of carbonyl (C=O) groups excluding carboxylic acids is 2. The lowest BCUT2D eigenvalue weighted by Gasteiger charge is -2.28. The molecule has 9 heteroatoms. The molecule has 0 aliphatic rings. The van der Waals surface area contributed by atoms with Gasteiger partial charge in [-0.3, -0.25) is 19.7 Å². The average Bonchev–Trinajstić information content (AvgIpc) is 3.03. The van der Waals surface area contributed by atoms with Gasteiger partial charge in [0.05, 0.1) is 4.92 Å². The Balaban J connectivity index is 2.18. The van der Waals surface area contributed by atoms with Crippen molar-refractivity contribution in [2.75, 3.05) is 11.9 Å². The van der Waals surface area contributed by atoms with E-state index in [0.29, 0.717) is 12.2 Å². The molecular formula is C17H20N4O5. The number of non-ortho nitro benzene ring substituents is 1. The third-order valence-electron chi connectivity index (χ3n) is 3.90. The summed E-state index contributed by atoms with van der Waals surface area (Å²) in [6, 6.07) is 6.78. The van der Waals surface area contributed by atoms with Crippen LogP contribution in [0, 0.1) is 17.0 Å². The number of aromatic nitrogens is 1. The highest BCUT2D eigenvalue weighted by molar-refractivity contribution is 5.99. The minimum absolute atomic E-state index is 0.157. The van der Waals surface area contributed by atoms with Crippen molar-refractivity contribution in [3.8, 4) is 0 Å². The number of nitro groups is 1. The second kappa shape index (κ2) is 8.24. The fraction of sp³-hybridized carbons (Fsp3) is 0.353. The van der Waals surface area contributed by atoms with E-state index < -0.39 is 16.7 Å². The van der Waals surface area contributed by atoms with Gasteiger partial charge in [0.2, 0.25) is 5.91 Å². The predicted molar refractivity (Wildman–Crippen MR) is 93.8 cm³/mol. The van der Waals surface area contributed by atoms with Gasteiger partial charge in [-0.05, 0) is 26.3 Å². The number of benzene rings is 1. The van der Waals surface area contributed by atoms with Crippen molar-refractivity contribution in [3.63, 3.8) is 0 Å². The van der Waals surface area contributed by atoms with E-state index in [0.717, 1.165) is 0 Å². The number of nitrogens with one attached hydrogen (secondary N) is 1. The van der Waals surface area contributed by atoms with E-state index >= 15 is 0 Å². The van der Waals surface area contributed by atoms with Crippen LogP contribution in [-0.2, 0) is 4.79 Å². The first-order valence-electron chi connectivity index (χ1n) is 8.10. The van der Waals surface area contributed by atoms with E-state index in [4.69, 9.17) is 4.52 Å². The molecule has 0 unspecified atom stereocenters. The molecule has 0 saturated carbocycles. The van der Waals surface area contributed by atoms with Crippen LogP contribution in [-0.4, -0.2) is 39.4 Å². The number of aryl methyl sites for hydroxylation is 1. The number of rotatable bonds is 7. The van der Waals surface area contributed by atoms with E-state index in [-0.39, 0.29) is 29.7 Å². The van der Waals surface area contributed by atoms with E-state index in [1.807, 2.05) is 13.8 Å². The molecule has 2 amide bonds. The largest absolute Gasteiger partial charge is 0.360 e. The second-order valence-corrected chi connectivity index (χ2v) is 5.87. The molecule has 0 radical (unpaired) electrons. The van der Waals surface area contributed by atoms with E-state index in [2.05, 4.69) is 10.5 Å². The standard InChI is InChI=1S/C17H20N4O5/c1-4-11(2)20(10-16(22)18-15-8-12(3)26-19-15)17(23)13-6-5-7-14(9-13)21(24)25/h5-9,11H,4,10H2,1-3H3,(H,18,19,22)/t11-/m0/s1. The van der Waals surface area contributed by atoms with Gasteiger partial charge in [0.1, 0.15) is 12.3 Å². The fourth-order valence-electron chi connectivity index (χ4n) is 2.33. The molecule has 1 aromatic carbocycles. The summed E-state index contributed by atoms with van der Waals surface area (Å²) in [6.07, 6.45) is 0.622. The van der Waals surface area contributed by atoms with Crippen molar-refractivity contribution in [2.24, 2.45) is 0 Å². The average molecular weight is 360 g/mol. The van der Waals surface area contributed by atoms with Crippen molar-refractivity contribution in [1.29, 1.82) is 0 Å². The summed E-state index contributed by atoms with van der Waals surface area (Å²) >= 11 is 0. The summed E-state index contributed by atoms with van der Waals surface area (Å²) in [5.74, 6) is -0.0712. The van der Waals surface area contributed by atoms with Crippen LogP contribution >= 0.6 is 0 Å². The summed E-state index contributed by atoms with van der Waals surface area (Å²) in [4.78, 5) is 36.8. The molecule has 1 aromatic heterocycles. The van der Waals surface area contributed by atoms with Crippen LogP contribution in [0.1, 0.15) is 36.4 Å². The molecule has 0 aliphatic carbocycles. The lowest BCUT2D eigenvalue weighted by Crippen LogP contribution is -2.43. The number of amides is 2. The maximum Gasteiger partial charge on any atom is 0.270 e. The Morgan fingerprint density at radius 2 is 2.12 bits per heavy atom. The highest BCUT2D eigenvalue weighted by Crippen LogP contribution is 2.17. The zero-order chi connectivity index (χ0) is 19.3. The molecule has 2 aromatic rings. The van der Waals surface area contributed by atoms with Gasteiger partial charge in [0.25, 0.3) is 11.6 Å². The third-order valence-corrected chi connectivity index (χ3v) is 3.90. The first kappa shape index (κ1) is 19.1. The van der Waals surface area contributed by atoms with Crippen LogP contribution in [0.2, 0.25) is 0 Å². The van der Waals surface area contributed by atoms with Crippen LogP contribution in [0.3, 0.4) is 0 Å². The number of anilines is 1. The zero-order valence-corrected chi connectivity index (χ0v) is 14.8. The molecule has 9 nitrogen and oxygen atoms in total. The lowest BCUT2D eigenvalue weighted by atomic mass is 10.1. The number of carbonyl (C=O) groups is 2. The summed E-state index contributed by atoms with van der Waals surface area (Å²) in [7, 11) is 0. The maximum absolute atomic E-state index is 12.8. The summed E-state index contributed by atoms with van der Waals surface area (Å²) in [5, 5.41) is 17.2. The first-order chi connectivity index (χ1) is 12.3. The Kier molecular flexibility index (Phi) is 6.05. The molecule has 1 N–H and O–H groups in total. The Hall–Kier alpha value is -3.23. The van der Waals surface area contributed by atoms with Crippen molar-refractivity contribution < 1.29 is 19.0 Å². The molecule has 1 heterocycles. The topological polar surface area (TPSA) is 119 Å². The van der Waals surface area contributed by atoms with Gasteiger partial charge in [-0.15, -0.1) is 0 Å². The number of hydrogen-bond donors (Lipinski definition) is 1. The van der Waals surface area contributed by atoms with Crippen LogP contribution in [0.25, 0.3) is 0 Å². The first-order valence-corrected chi connectivity index (χ1v) is 8.10. The number of nitrogens with zero attached hydrogens (tertiary/aromatic N) is 3. The van der Waals surface area contributed by atoms with Gasteiger partial charge in [-0.25, -0.2) is 0 Å². The molecular weight excluding hydrogens is 340 g/mol. The zero-order valence-electron chi connectivity index (χ0n) is 14.8. The van der Waals surface area contributed by atoms with E-state index in [1.165, 1.54) is 29.2 Å². The molecule has 0 spiro atoms. The van der Waals surface area contributed by atoms with Crippen molar-refractivity contribution >= 4 is 23.3 Å². The van der Waals surface area contributed by atoms with Gasteiger partial charge in [-0.2, -0.15) is 0 Å². The van der Waals surface area contributed by atoms with Gasteiger partial charge < -0.3 is 14.7 Å². The Bertz CT molecular complexity index is 817. The minimum atomic E-state index is -0.565. The van der Waals surface area contributed by atoms with Crippen LogP contribution in [0.15, 0.2) is 34.9 Å². The monoisotopic (exact) mass is 360 g/mol. The van der Waals surface area contributed by atoms with Gasteiger partial charge in [0, 0.05) is 29.8 Å². The minimum Gasteiger partial charge on any atom is -0.360 e. The second-order valence-electron chi connectivity index (χ2n) is 5.87. The Labute approximate surface area is 150 Å². The van der Waals surface area contributed by atoms with Gasteiger partial charge in [-0.1, -0.05) is 18.1 Å². The van der Waals surface area contributed by atoms with Crippen LogP contribution in [0.5, 0.6) is 0 Å². The molecule has 1 atom stereocenters. The maximum atomic E-state index is 12.8. The molecule has 0 saturated heterocycles. The molecule has 138 valence electrons. The van der Waals surface area contributed by atoms with Gasteiger partial charge in [0.15, 0.2) is 5.82 Å². The molecule has 0 bridgehead atoms. The lowest BCUT2D eigenvalue weighted by molar-refractivity contribution is -0.384. The Morgan fingerprint density at radius 3 is 2.69 bits per heavy atom.